The summed E-state index contributed by atoms with van der Waals surface area (Å²) in [7, 11) is 1.85. The molecule has 0 fully saturated rings. The maximum Gasteiger partial charge on any atom is 0.146 e. The zero-order valence-corrected chi connectivity index (χ0v) is 10.9. The van der Waals surface area contributed by atoms with Crippen molar-refractivity contribution >= 4 is 28.3 Å². The average Bonchev–Trinajstić information content (AvgIpc) is 2.72. The molecule has 0 atom stereocenters. The molecule has 0 saturated heterocycles. The Balaban J connectivity index is 2.28. The van der Waals surface area contributed by atoms with Crippen LogP contribution in [0.1, 0.15) is 0 Å². The fraction of sp³-hybridized carbons (Fsp3) is 0.0714. The largest absolute Gasteiger partial charge is 0.396 e. The zero-order valence-electron chi connectivity index (χ0n) is 10.2. The fourth-order valence-corrected chi connectivity index (χ4v) is 2.44. The molecule has 0 aliphatic carbocycles. The lowest BCUT2D eigenvalue weighted by molar-refractivity contribution is 0.633. The molecule has 3 rings (SSSR count). The van der Waals surface area contributed by atoms with E-state index in [0.29, 0.717) is 16.4 Å². The summed E-state index contributed by atoms with van der Waals surface area (Å²) in [6.07, 6.45) is 0. The first-order valence-corrected chi connectivity index (χ1v) is 6.12. The van der Waals surface area contributed by atoms with Crippen molar-refractivity contribution in [2.24, 2.45) is 7.05 Å². The number of fused-ring (bicyclic) bond motifs is 1. The molecule has 3 nitrogen and oxygen atoms in total. The second-order valence-corrected chi connectivity index (χ2v) is 4.75. The molecule has 0 aliphatic heterocycles. The lowest BCUT2D eigenvalue weighted by Gasteiger charge is -2.04. The first-order valence-electron chi connectivity index (χ1n) is 5.74. The Kier molecular flexibility index (Phi) is 2.68. The first-order chi connectivity index (χ1) is 9.08. The van der Waals surface area contributed by atoms with Crippen LogP contribution >= 0.6 is 11.6 Å². The summed E-state index contributed by atoms with van der Waals surface area (Å²) < 4.78 is 15.4. The molecule has 0 spiro atoms. The van der Waals surface area contributed by atoms with Crippen LogP contribution in [0.15, 0.2) is 36.4 Å². The molecule has 1 aromatic heterocycles. The minimum Gasteiger partial charge on any atom is -0.396 e. The number of rotatable bonds is 1. The highest BCUT2D eigenvalue weighted by molar-refractivity contribution is 6.35. The molecule has 0 aliphatic rings. The summed E-state index contributed by atoms with van der Waals surface area (Å²) in [5.74, 6) is 0.206. The number of nitrogen functional groups attached to an aromatic ring is 1. The molecule has 0 saturated carbocycles. The second-order valence-electron chi connectivity index (χ2n) is 4.34. The number of para-hydroxylation sites is 1. The van der Waals surface area contributed by atoms with Gasteiger partial charge in [0.15, 0.2) is 0 Å². The van der Waals surface area contributed by atoms with Crippen LogP contribution in [0, 0.1) is 5.82 Å². The molecular weight excluding hydrogens is 265 g/mol. The maximum atomic E-state index is 13.5. The Morgan fingerprint density at radius 1 is 1.26 bits per heavy atom. The molecule has 2 N–H and O–H groups in total. The van der Waals surface area contributed by atoms with Crippen molar-refractivity contribution in [3.63, 3.8) is 0 Å². The molecule has 3 aromatic rings. The summed E-state index contributed by atoms with van der Waals surface area (Å²) in [6, 6.07) is 10.2. The minimum atomic E-state index is -0.448. The van der Waals surface area contributed by atoms with Crippen molar-refractivity contribution in [2.75, 3.05) is 5.73 Å². The Labute approximate surface area is 114 Å². The van der Waals surface area contributed by atoms with E-state index in [1.54, 1.807) is 12.1 Å². The van der Waals surface area contributed by atoms with Crippen LogP contribution in [-0.4, -0.2) is 9.55 Å². The number of imidazole rings is 1. The van der Waals surface area contributed by atoms with E-state index >= 15 is 0 Å². The Morgan fingerprint density at radius 3 is 2.74 bits per heavy atom. The topological polar surface area (TPSA) is 43.8 Å². The second kappa shape index (κ2) is 4.24. The number of nitrogens with zero attached hydrogens (tertiary/aromatic N) is 2. The van der Waals surface area contributed by atoms with Gasteiger partial charge in [-0.05, 0) is 30.3 Å². The van der Waals surface area contributed by atoms with Crippen molar-refractivity contribution in [2.45, 2.75) is 0 Å². The van der Waals surface area contributed by atoms with Crippen molar-refractivity contribution in [3.8, 4) is 11.4 Å². The number of benzene rings is 2. The predicted molar refractivity (Wildman–Crippen MR) is 75.5 cm³/mol. The monoisotopic (exact) mass is 275 g/mol. The van der Waals surface area contributed by atoms with E-state index in [-0.39, 0.29) is 5.69 Å². The quantitative estimate of drug-likeness (QED) is 0.690. The lowest BCUT2D eigenvalue weighted by Crippen LogP contribution is -1.95. The summed E-state index contributed by atoms with van der Waals surface area (Å²) >= 11 is 6.16. The first kappa shape index (κ1) is 12.0. The van der Waals surface area contributed by atoms with E-state index in [0.717, 1.165) is 11.0 Å². The van der Waals surface area contributed by atoms with Crippen LogP contribution in [0.25, 0.3) is 22.4 Å². The van der Waals surface area contributed by atoms with Gasteiger partial charge >= 0.3 is 0 Å². The summed E-state index contributed by atoms with van der Waals surface area (Å²) in [6.45, 7) is 0. The van der Waals surface area contributed by atoms with Crippen molar-refractivity contribution < 1.29 is 4.39 Å². The number of aromatic nitrogens is 2. The van der Waals surface area contributed by atoms with E-state index in [1.807, 2.05) is 23.7 Å². The van der Waals surface area contributed by atoms with Gasteiger partial charge in [0.05, 0.1) is 21.7 Å². The van der Waals surface area contributed by atoms with E-state index in [2.05, 4.69) is 4.98 Å². The van der Waals surface area contributed by atoms with E-state index in [4.69, 9.17) is 17.3 Å². The summed E-state index contributed by atoms with van der Waals surface area (Å²) in [5.41, 5.74) is 7.88. The van der Waals surface area contributed by atoms with Crippen molar-refractivity contribution in [1.29, 1.82) is 0 Å². The van der Waals surface area contributed by atoms with Gasteiger partial charge in [-0.25, -0.2) is 9.37 Å². The van der Waals surface area contributed by atoms with Gasteiger partial charge in [0.25, 0.3) is 0 Å². The van der Waals surface area contributed by atoms with Crippen LogP contribution in [0.2, 0.25) is 5.02 Å². The fourth-order valence-electron chi connectivity index (χ4n) is 2.15. The normalized spacial score (nSPS) is 11.1. The molecule has 0 bridgehead atoms. The number of hydrogen-bond donors (Lipinski definition) is 1. The third-order valence-electron chi connectivity index (χ3n) is 3.10. The van der Waals surface area contributed by atoms with Crippen LogP contribution < -0.4 is 5.73 Å². The SMILES string of the molecule is Cn1c(-c2ccc(N)c(F)c2)nc2cccc(Cl)c21. The summed E-state index contributed by atoms with van der Waals surface area (Å²) in [4.78, 5) is 4.49. The van der Waals surface area contributed by atoms with Gasteiger partial charge in [0, 0.05) is 12.6 Å². The average molecular weight is 276 g/mol. The number of nitrogens with two attached hydrogens (primary N) is 1. The van der Waals surface area contributed by atoms with Crippen LogP contribution in [0.4, 0.5) is 10.1 Å². The third-order valence-corrected chi connectivity index (χ3v) is 3.41. The zero-order chi connectivity index (χ0) is 13.6. The number of halogens is 2. The van der Waals surface area contributed by atoms with E-state index in [1.165, 1.54) is 12.1 Å². The van der Waals surface area contributed by atoms with Gasteiger partial charge in [0.1, 0.15) is 11.6 Å². The minimum absolute atomic E-state index is 0.126. The standard InChI is InChI=1S/C14H11ClFN3/c1-19-13-9(15)3-2-4-12(13)18-14(19)8-5-6-11(17)10(16)7-8/h2-7H,17H2,1H3. The molecular formula is C14H11ClFN3. The highest BCUT2D eigenvalue weighted by Gasteiger charge is 2.13. The molecule has 1 heterocycles. The molecule has 0 unspecified atom stereocenters. The Morgan fingerprint density at radius 2 is 2.05 bits per heavy atom. The van der Waals surface area contributed by atoms with Crippen LogP contribution in [0.3, 0.4) is 0 Å². The summed E-state index contributed by atoms with van der Waals surface area (Å²) in [5, 5.41) is 0.620. The molecule has 5 heteroatoms. The van der Waals surface area contributed by atoms with Gasteiger partial charge < -0.3 is 10.3 Å². The Hall–Kier alpha value is -2.07. The van der Waals surface area contributed by atoms with Crippen LogP contribution in [0.5, 0.6) is 0 Å². The molecule has 19 heavy (non-hydrogen) atoms. The highest BCUT2D eigenvalue weighted by Crippen LogP contribution is 2.29. The van der Waals surface area contributed by atoms with Crippen molar-refractivity contribution in [1.82, 2.24) is 9.55 Å². The smallest absolute Gasteiger partial charge is 0.146 e. The van der Waals surface area contributed by atoms with Gasteiger partial charge in [0.2, 0.25) is 0 Å². The van der Waals surface area contributed by atoms with Crippen molar-refractivity contribution in [3.05, 3.63) is 47.2 Å². The predicted octanol–water partition coefficient (Wildman–Crippen LogP) is 3.62. The van der Waals surface area contributed by atoms with Gasteiger partial charge in [-0.1, -0.05) is 17.7 Å². The van der Waals surface area contributed by atoms with E-state index < -0.39 is 5.82 Å². The third kappa shape index (κ3) is 1.85. The van der Waals surface area contributed by atoms with Crippen LogP contribution in [-0.2, 0) is 7.05 Å². The molecule has 0 radical (unpaired) electrons. The van der Waals surface area contributed by atoms with Gasteiger partial charge in [-0.15, -0.1) is 0 Å². The Bertz CT molecular complexity index is 780. The number of aryl methyl sites for hydroxylation is 1. The van der Waals surface area contributed by atoms with E-state index in [9.17, 15) is 4.39 Å². The molecule has 96 valence electrons. The lowest BCUT2D eigenvalue weighted by atomic mass is 10.2. The number of anilines is 1. The van der Waals surface area contributed by atoms with Gasteiger partial charge in [-0.2, -0.15) is 0 Å². The molecule has 0 amide bonds. The van der Waals surface area contributed by atoms with Gasteiger partial charge in [-0.3, -0.25) is 0 Å². The maximum absolute atomic E-state index is 13.5. The molecule has 2 aromatic carbocycles. The highest BCUT2D eigenvalue weighted by atomic mass is 35.5. The number of hydrogen-bond acceptors (Lipinski definition) is 2.